The van der Waals surface area contributed by atoms with Gasteiger partial charge in [0.1, 0.15) is 11.5 Å². The summed E-state index contributed by atoms with van der Waals surface area (Å²) in [4.78, 5) is 15.0. The van der Waals surface area contributed by atoms with Gasteiger partial charge in [0.15, 0.2) is 9.84 Å². The molecular formula is C21H25NO5S. The Bertz CT molecular complexity index is 941. The number of carbonyl (C=O) groups is 1. The van der Waals surface area contributed by atoms with Gasteiger partial charge in [-0.2, -0.15) is 0 Å². The van der Waals surface area contributed by atoms with Gasteiger partial charge in [-0.3, -0.25) is 4.79 Å². The van der Waals surface area contributed by atoms with Crippen LogP contribution in [-0.2, 0) is 16.4 Å². The second-order valence-electron chi connectivity index (χ2n) is 6.80. The van der Waals surface area contributed by atoms with Crippen molar-refractivity contribution in [2.45, 2.75) is 25.9 Å². The number of ether oxygens (including phenoxy) is 2. The minimum atomic E-state index is -3.12. The zero-order valence-corrected chi connectivity index (χ0v) is 16.9. The molecule has 7 heteroatoms. The van der Waals surface area contributed by atoms with Crippen LogP contribution in [0.1, 0.15) is 29.3 Å². The van der Waals surface area contributed by atoms with Crippen LogP contribution >= 0.6 is 0 Å². The molecule has 150 valence electrons. The van der Waals surface area contributed by atoms with Crippen molar-refractivity contribution in [2.24, 2.45) is 0 Å². The lowest BCUT2D eigenvalue weighted by molar-refractivity contribution is 0.0680. The van der Waals surface area contributed by atoms with Gasteiger partial charge in [0.25, 0.3) is 5.91 Å². The van der Waals surface area contributed by atoms with Gasteiger partial charge in [-0.1, -0.05) is 18.2 Å². The van der Waals surface area contributed by atoms with Gasteiger partial charge in [0.05, 0.1) is 25.2 Å². The predicted octanol–water partition coefficient (Wildman–Crippen LogP) is 2.92. The zero-order chi connectivity index (χ0) is 20.1. The van der Waals surface area contributed by atoms with Crippen molar-refractivity contribution in [1.82, 2.24) is 4.90 Å². The first-order valence-electron chi connectivity index (χ1n) is 9.29. The highest BCUT2D eigenvalue weighted by atomic mass is 32.2. The number of benzene rings is 2. The highest BCUT2D eigenvalue weighted by molar-refractivity contribution is 7.91. The van der Waals surface area contributed by atoms with E-state index in [0.717, 1.165) is 5.56 Å². The molecule has 6 nitrogen and oxygen atoms in total. The maximum atomic E-state index is 13.3. The van der Waals surface area contributed by atoms with Crippen molar-refractivity contribution in [2.75, 3.05) is 25.2 Å². The number of hydrogen-bond donors (Lipinski definition) is 0. The van der Waals surface area contributed by atoms with Crippen LogP contribution in [0.2, 0.25) is 0 Å². The quantitative estimate of drug-likeness (QED) is 0.711. The SMILES string of the molecule is CCOc1cccc(C(=O)N(Cc2cccc(OC)c2)[C@H]2CCS(=O)(=O)C2)c1. The average Bonchev–Trinajstić information content (AvgIpc) is 3.05. The summed E-state index contributed by atoms with van der Waals surface area (Å²) in [5.41, 5.74) is 1.37. The van der Waals surface area contributed by atoms with E-state index in [2.05, 4.69) is 0 Å². The van der Waals surface area contributed by atoms with Gasteiger partial charge in [0, 0.05) is 18.2 Å². The van der Waals surface area contributed by atoms with Crippen LogP contribution in [0, 0.1) is 0 Å². The molecule has 1 fully saturated rings. The third kappa shape index (κ3) is 4.84. The van der Waals surface area contributed by atoms with E-state index in [4.69, 9.17) is 9.47 Å². The predicted molar refractivity (Wildman–Crippen MR) is 108 cm³/mol. The lowest BCUT2D eigenvalue weighted by Crippen LogP contribution is -2.40. The van der Waals surface area contributed by atoms with Crippen LogP contribution in [0.3, 0.4) is 0 Å². The molecule has 2 aromatic carbocycles. The number of hydrogen-bond acceptors (Lipinski definition) is 5. The first-order chi connectivity index (χ1) is 13.4. The fourth-order valence-electron chi connectivity index (χ4n) is 3.41. The molecule has 2 aromatic rings. The Morgan fingerprint density at radius 3 is 2.57 bits per heavy atom. The summed E-state index contributed by atoms with van der Waals surface area (Å²) >= 11 is 0. The molecular weight excluding hydrogens is 378 g/mol. The fraction of sp³-hybridized carbons (Fsp3) is 0.381. The number of amides is 1. The highest BCUT2D eigenvalue weighted by Gasteiger charge is 2.35. The monoisotopic (exact) mass is 403 g/mol. The molecule has 1 aliphatic rings. The van der Waals surface area contributed by atoms with Crippen molar-refractivity contribution in [3.05, 3.63) is 59.7 Å². The minimum Gasteiger partial charge on any atom is -0.497 e. The van der Waals surface area contributed by atoms with Crippen LogP contribution in [0.4, 0.5) is 0 Å². The first-order valence-corrected chi connectivity index (χ1v) is 11.1. The van der Waals surface area contributed by atoms with E-state index in [1.165, 1.54) is 0 Å². The van der Waals surface area contributed by atoms with E-state index in [0.29, 0.717) is 36.6 Å². The van der Waals surface area contributed by atoms with E-state index < -0.39 is 9.84 Å². The largest absolute Gasteiger partial charge is 0.497 e. The number of methoxy groups -OCH3 is 1. The molecule has 1 saturated heterocycles. The van der Waals surface area contributed by atoms with E-state index in [-0.39, 0.29) is 23.5 Å². The summed E-state index contributed by atoms with van der Waals surface area (Å²) < 4.78 is 34.8. The summed E-state index contributed by atoms with van der Waals surface area (Å²) in [5, 5.41) is 0. The smallest absolute Gasteiger partial charge is 0.254 e. The normalized spacial score (nSPS) is 17.9. The van der Waals surface area contributed by atoms with Crippen molar-refractivity contribution in [1.29, 1.82) is 0 Å². The van der Waals surface area contributed by atoms with Gasteiger partial charge in [-0.15, -0.1) is 0 Å². The molecule has 1 heterocycles. The molecule has 0 spiro atoms. The molecule has 0 aliphatic carbocycles. The Balaban J connectivity index is 1.91. The van der Waals surface area contributed by atoms with E-state index in [1.54, 1.807) is 36.3 Å². The molecule has 1 atom stereocenters. The van der Waals surface area contributed by atoms with Crippen LogP contribution in [0.15, 0.2) is 48.5 Å². The minimum absolute atomic E-state index is 0.00609. The maximum absolute atomic E-state index is 13.3. The third-order valence-electron chi connectivity index (χ3n) is 4.79. The molecule has 0 saturated carbocycles. The summed E-state index contributed by atoms with van der Waals surface area (Å²) in [6.07, 6.45) is 0.448. The summed E-state index contributed by atoms with van der Waals surface area (Å²) in [5.74, 6) is 1.22. The summed E-state index contributed by atoms with van der Waals surface area (Å²) in [6, 6.07) is 14.1. The summed E-state index contributed by atoms with van der Waals surface area (Å²) in [6.45, 7) is 2.70. The van der Waals surface area contributed by atoms with Gasteiger partial charge in [-0.05, 0) is 49.2 Å². The van der Waals surface area contributed by atoms with Gasteiger partial charge >= 0.3 is 0 Å². The van der Waals surface area contributed by atoms with Crippen molar-refractivity contribution in [3.8, 4) is 11.5 Å². The number of sulfone groups is 1. The van der Waals surface area contributed by atoms with Crippen LogP contribution in [-0.4, -0.2) is 50.5 Å². The molecule has 1 amide bonds. The molecule has 28 heavy (non-hydrogen) atoms. The van der Waals surface area contributed by atoms with Gasteiger partial charge in [-0.25, -0.2) is 8.42 Å². The molecule has 3 rings (SSSR count). The second-order valence-corrected chi connectivity index (χ2v) is 9.03. The molecule has 0 radical (unpaired) electrons. The van der Waals surface area contributed by atoms with Crippen LogP contribution in [0.5, 0.6) is 11.5 Å². The Morgan fingerprint density at radius 1 is 1.14 bits per heavy atom. The zero-order valence-electron chi connectivity index (χ0n) is 16.1. The van der Waals surface area contributed by atoms with Crippen molar-refractivity contribution >= 4 is 15.7 Å². The topological polar surface area (TPSA) is 72.9 Å². The van der Waals surface area contributed by atoms with Crippen LogP contribution < -0.4 is 9.47 Å². The van der Waals surface area contributed by atoms with Crippen LogP contribution in [0.25, 0.3) is 0 Å². The first kappa shape index (κ1) is 20.2. The Hall–Kier alpha value is -2.54. The Kier molecular flexibility index (Phi) is 6.24. The lowest BCUT2D eigenvalue weighted by atomic mass is 10.1. The Morgan fingerprint density at radius 2 is 1.89 bits per heavy atom. The maximum Gasteiger partial charge on any atom is 0.254 e. The number of carbonyl (C=O) groups excluding carboxylic acids is 1. The molecule has 0 N–H and O–H groups in total. The Labute approximate surface area is 166 Å². The summed E-state index contributed by atoms with van der Waals surface area (Å²) in [7, 11) is -1.53. The highest BCUT2D eigenvalue weighted by Crippen LogP contribution is 2.25. The third-order valence-corrected chi connectivity index (χ3v) is 6.54. The molecule has 0 aromatic heterocycles. The lowest BCUT2D eigenvalue weighted by Gasteiger charge is -2.29. The van der Waals surface area contributed by atoms with Crippen molar-refractivity contribution < 1.29 is 22.7 Å². The number of nitrogens with zero attached hydrogens (tertiary/aromatic N) is 1. The molecule has 1 aliphatic heterocycles. The second kappa shape index (κ2) is 8.65. The van der Waals surface area contributed by atoms with Crippen molar-refractivity contribution in [3.63, 3.8) is 0 Å². The fourth-order valence-corrected chi connectivity index (χ4v) is 5.14. The average molecular weight is 404 g/mol. The standard InChI is InChI=1S/C21H25NO5S/c1-3-27-20-9-5-7-17(13-20)21(23)22(18-10-11-28(24,25)15-18)14-16-6-4-8-19(12-16)26-2/h4-9,12-13,18H,3,10-11,14-15H2,1-2H3/t18-/m0/s1. The molecule has 0 bridgehead atoms. The van der Waals surface area contributed by atoms with E-state index in [9.17, 15) is 13.2 Å². The number of rotatable bonds is 7. The molecule has 0 unspecified atom stereocenters. The van der Waals surface area contributed by atoms with E-state index in [1.807, 2.05) is 31.2 Å². The van der Waals surface area contributed by atoms with Gasteiger partial charge < -0.3 is 14.4 Å². The van der Waals surface area contributed by atoms with E-state index >= 15 is 0 Å². The van der Waals surface area contributed by atoms with Gasteiger partial charge in [0.2, 0.25) is 0 Å².